The molecule has 1 aliphatic heterocycles. The largest absolute Gasteiger partial charge is 0.303 e. The Balaban J connectivity index is 1.96. The van der Waals surface area contributed by atoms with Crippen molar-refractivity contribution in [2.24, 2.45) is 0 Å². The van der Waals surface area contributed by atoms with Crippen molar-refractivity contribution < 1.29 is 4.21 Å². The first-order valence-corrected chi connectivity index (χ1v) is 7.34. The molecule has 1 aromatic carbocycles. The Morgan fingerprint density at radius 2 is 2.00 bits per heavy atom. The van der Waals surface area contributed by atoms with Gasteiger partial charge >= 0.3 is 0 Å². The van der Waals surface area contributed by atoms with E-state index in [1.165, 1.54) is 5.56 Å². The van der Waals surface area contributed by atoms with Crippen molar-refractivity contribution in [1.82, 2.24) is 9.21 Å². The van der Waals surface area contributed by atoms with E-state index in [2.05, 4.69) is 29.1 Å². The minimum Gasteiger partial charge on any atom is -0.303 e. The normalized spacial score (nSPS) is 19.8. The fourth-order valence-electron chi connectivity index (χ4n) is 2.15. The summed E-state index contributed by atoms with van der Waals surface area (Å²) in [5.74, 6) is 0. The smallest absolute Gasteiger partial charge is 0.128 e. The van der Waals surface area contributed by atoms with E-state index >= 15 is 0 Å². The first kappa shape index (κ1) is 12.7. The molecule has 1 aliphatic rings. The van der Waals surface area contributed by atoms with Gasteiger partial charge in [-0.3, -0.25) is 0 Å². The second-order valence-corrected chi connectivity index (χ2v) is 5.70. The average Bonchev–Trinajstić information content (AvgIpc) is 2.68. The molecular formula is C13H20N2OS. The van der Waals surface area contributed by atoms with Crippen LogP contribution in [0.5, 0.6) is 0 Å². The van der Waals surface area contributed by atoms with Crippen molar-refractivity contribution in [2.45, 2.75) is 25.3 Å². The Bertz CT molecular complexity index is 404. The van der Waals surface area contributed by atoms with Gasteiger partial charge in [-0.15, -0.1) is 0 Å². The molecule has 0 saturated carbocycles. The van der Waals surface area contributed by atoms with Gasteiger partial charge < -0.3 is 4.90 Å². The van der Waals surface area contributed by atoms with Crippen molar-refractivity contribution >= 4 is 11.0 Å². The van der Waals surface area contributed by atoms with Gasteiger partial charge in [0.15, 0.2) is 0 Å². The highest BCUT2D eigenvalue weighted by Gasteiger charge is 2.26. The Kier molecular flexibility index (Phi) is 4.31. The maximum atomic E-state index is 12.2. The standard InChI is InChI=1S/C13H20N2OS/c1-3-14(4-2)9-10-15-11-12-7-5-6-8-13(12)17(15)16/h5-8H,3-4,9-11H2,1-2H3. The third-order valence-electron chi connectivity index (χ3n) is 3.30. The van der Waals surface area contributed by atoms with Crippen molar-refractivity contribution in [3.05, 3.63) is 29.8 Å². The van der Waals surface area contributed by atoms with Crippen LogP contribution in [0.15, 0.2) is 29.2 Å². The number of hydrogen-bond donors (Lipinski definition) is 0. The molecule has 0 amide bonds. The number of likely N-dealkylation sites (N-methyl/N-ethyl adjacent to an activating group) is 1. The average molecular weight is 252 g/mol. The van der Waals surface area contributed by atoms with Crippen LogP contribution in [0.2, 0.25) is 0 Å². The minimum atomic E-state index is -0.949. The molecule has 2 rings (SSSR count). The molecule has 1 unspecified atom stereocenters. The summed E-state index contributed by atoms with van der Waals surface area (Å²) in [6.45, 7) is 9.14. The summed E-state index contributed by atoms with van der Waals surface area (Å²) in [7, 11) is -0.949. The highest BCUT2D eigenvalue weighted by molar-refractivity contribution is 7.83. The van der Waals surface area contributed by atoms with Crippen molar-refractivity contribution in [1.29, 1.82) is 0 Å². The van der Waals surface area contributed by atoms with Gasteiger partial charge in [-0.1, -0.05) is 32.0 Å². The molecule has 4 heteroatoms. The van der Waals surface area contributed by atoms with Gasteiger partial charge in [0, 0.05) is 19.6 Å². The third-order valence-corrected chi connectivity index (χ3v) is 4.86. The second-order valence-electron chi connectivity index (χ2n) is 4.25. The zero-order chi connectivity index (χ0) is 12.3. The summed E-state index contributed by atoms with van der Waals surface area (Å²) < 4.78 is 14.3. The predicted octanol–water partition coefficient (Wildman–Crippen LogP) is 1.87. The maximum absolute atomic E-state index is 12.2. The van der Waals surface area contributed by atoms with E-state index in [0.29, 0.717) is 0 Å². The Labute approximate surface area is 106 Å². The maximum Gasteiger partial charge on any atom is 0.128 e. The summed E-state index contributed by atoms with van der Waals surface area (Å²) in [4.78, 5) is 3.35. The van der Waals surface area contributed by atoms with E-state index in [4.69, 9.17) is 0 Å². The number of rotatable bonds is 5. The molecule has 0 spiro atoms. The molecular weight excluding hydrogens is 232 g/mol. The molecule has 17 heavy (non-hydrogen) atoms. The predicted molar refractivity (Wildman–Crippen MR) is 71.0 cm³/mol. The highest BCUT2D eigenvalue weighted by Crippen LogP contribution is 2.26. The van der Waals surface area contributed by atoms with Crippen molar-refractivity contribution in [3.8, 4) is 0 Å². The van der Waals surface area contributed by atoms with Crippen molar-refractivity contribution in [3.63, 3.8) is 0 Å². The topological polar surface area (TPSA) is 23.6 Å². The van der Waals surface area contributed by atoms with Crippen LogP contribution in [-0.2, 0) is 17.5 Å². The lowest BCUT2D eigenvalue weighted by molar-refractivity contribution is 0.275. The fourth-order valence-corrected chi connectivity index (χ4v) is 3.48. The molecule has 0 radical (unpaired) electrons. The molecule has 0 fully saturated rings. The molecule has 1 atom stereocenters. The van der Waals surface area contributed by atoms with Gasteiger partial charge in [0.25, 0.3) is 0 Å². The van der Waals surface area contributed by atoms with Gasteiger partial charge in [-0.2, -0.15) is 0 Å². The molecule has 0 saturated heterocycles. The molecule has 0 N–H and O–H groups in total. The summed E-state index contributed by atoms with van der Waals surface area (Å²) in [6.07, 6.45) is 0. The summed E-state index contributed by atoms with van der Waals surface area (Å²) >= 11 is 0. The van der Waals surface area contributed by atoms with E-state index in [0.717, 1.165) is 37.6 Å². The molecule has 1 heterocycles. The third kappa shape index (κ3) is 2.76. The number of fused-ring (bicyclic) bond motifs is 1. The van der Waals surface area contributed by atoms with E-state index in [-0.39, 0.29) is 0 Å². The SMILES string of the molecule is CCN(CC)CCN1Cc2ccccc2S1=O. The van der Waals surface area contributed by atoms with Crippen LogP contribution in [0.4, 0.5) is 0 Å². The first-order valence-electron chi connectivity index (χ1n) is 6.23. The van der Waals surface area contributed by atoms with Crippen LogP contribution >= 0.6 is 0 Å². The van der Waals surface area contributed by atoms with Crippen LogP contribution in [0.25, 0.3) is 0 Å². The van der Waals surface area contributed by atoms with E-state index in [1.54, 1.807) is 0 Å². The molecule has 0 bridgehead atoms. The van der Waals surface area contributed by atoms with E-state index in [1.807, 2.05) is 18.2 Å². The summed E-state index contributed by atoms with van der Waals surface area (Å²) in [6, 6.07) is 8.03. The van der Waals surface area contributed by atoms with Crippen LogP contribution in [0.1, 0.15) is 19.4 Å². The van der Waals surface area contributed by atoms with Gasteiger partial charge in [0.1, 0.15) is 11.0 Å². The number of nitrogens with zero attached hydrogens (tertiary/aromatic N) is 2. The minimum absolute atomic E-state index is 0.823. The number of benzene rings is 1. The lowest BCUT2D eigenvalue weighted by atomic mass is 10.2. The van der Waals surface area contributed by atoms with Crippen LogP contribution in [0, 0.1) is 0 Å². The van der Waals surface area contributed by atoms with Crippen LogP contribution < -0.4 is 0 Å². The molecule has 0 aromatic heterocycles. The molecule has 94 valence electrons. The Morgan fingerprint density at radius 1 is 1.29 bits per heavy atom. The molecule has 0 aliphatic carbocycles. The first-order chi connectivity index (χ1) is 8.26. The quantitative estimate of drug-likeness (QED) is 0.798. The zero-order valence-corrected chi connectivity index (χ0v) is 11.4. The lowest BCUT2D eigenvalue weighted by Crippen LogP contribution is -2.33. The second kappa shape index (κ2) is 5.76. The van der Waals surface area contributed by atoms with Gasteiger partial charge in [0.05, 0.1) is 4.90 Å². The monoisotopic (exact) mass is 252 g/mol. The number of hydrogen-bond acceptors (Lipinski definition) is 2. The van der Waals surface area contributed by atoms with Gasteiger partial charge in [-0.25, -0.2) is 8.51 Å². The summed E-state index contributed by atoms with van der Waals surface area (Å²) in [5.41, 5.74) is 1.21. The Hall–Kier alpha value is -0.710. The highest BCUT2D eigenvalue weighted by atomic mass is 32.2. The van der Waals surface area contributed by atoms with E-state index in [9.17, 15) is 4.21 Å². The van der Waals surface area contributed by atoms with Crippen LogP contribution in [-0.4, -0.2) is 39.6 Å². The zero-order valence-electron chi connectivity index (χ0n) is 10.6. The van der Waals surface area contributed by atoms with Crippen molar-refractivity contribution in [2.75, 3.05) is 26.2 Å². The lowest BCUT2D eigenvalue weighted by Gasteiger charge is -2.21. The molecule has 3 nitrogen and oxygen atoms in total. The van der Waals surface area contributed by atoms with Crippen LogP contribution in [0.3, 0.4) is 0 Å². The summed E-state index contributed by atoms with van der Waals surface area (Å²) in [5, 5.41) is 0. The van der Waals surface area contributed by atoms with E-state index < -0.39 is 11.0 Å². The van der Waals surface area contributed by atoms with Gasteiger partial charge in [-0.05, 0) is 24.7 Å². The Morgan fingerprint density at radius 3 is 2.65 bits per heavy atom. The molecule has 1 aromatic rings. The fraction of sp³-hybridized carbons (Fsp3) is 0.538. The van der Waals surface area contributed by atoms with Gasteiger partial charge in [0.2, 0.25) is 0 Å².